The number of aromatic nitrogens is 3. The first kappa shape index (κ1) is 23.4. The van der Waals surface area contributed by atoms with E-state index >= 15 is 0 Å². The minimum Gasteiger partial charge on any atom is -0.449 e. The molecule has 0 aliphatic rings. The van der Waals surface area contributed by atoms with Gasteiger partial charge in [0.15, 0.2) is 6.10 Å². The Bertz CT molecular complexity index is 1240. The number of ether oxygens (including phenoxy) is 1. The Morgan fingerprint density at radius 3 is 2.41 bits per heavy atom. The van der Waals surface area contributed by atoms with Gasteiger partial charge in [-0.05, 0) is 70.2 Å². The summed E-state index contributed by atoms with van der Waals surface area (Å²) in [6.45, 7) is 7.48. The smallest absolute Gasteiger partial charge is 0.338 e. The Balaban J connectivity index is 1.62. The number of sulfonamides is 1. The summed E-state index contributed by atoms with van der Waals surface area (Å²) in [5, 5.41) is 10.6. The molecule has 1 heterocycles. The van der Waals surface area contributed by atoms with E-state index in [0.717, 1.165) is 5.52 Å². The quantitative estimate of drug-likeness (QED) is 0.494. The van der Waals surface area contributed by atoms with E-state index in [0.29, 0.717) is 17.7 Å². The summed E-state index contributed by atoms with van der Waals surface area (Å²) in [6.07, 6.45) is -1.07. The number of benzene rings is 2. The Morgan fingerprint density at radius 2 is 1.78 bits per heavy atom. The van der Waals surface area contributed by atoms with Crippen LogP contribution >= 0.6 is 0 Å². The SMILES string of the molecule is CCn1nnc2cc(C(=O)OC(C)C(=O)Nc3ccc(S(=O)(=O)NC(C)C)cc3)ccc21. The molecule has 3 rings (SSSR count). The number of esters is 1. The third-order valence-corrected chi connectivity index (χ3v) is 6.20. The molecule has 32 heavy (non-hydrogen) atoms. The first-order valence-electron chi connectivity index (χ1n) is 10.1. The van der Waals surface area contributed by atoms with Gasteiger partial charge in [-0.1, -0.05) is 5.21 Å². The van der Waals surface area contributed by atoms with Crippen LogP contribution in [0.5, 0.6) is 0 Å². The molecule has 0 aliphatic heterocycles. The maximum Gasteiger partial charge on any atom is 0.338 e. The van der Waals surface area contributed by atoms with Crippen LogP contribution in [0.4, 0.5) is 5.69 Å². The van der Waals surface area contributed by atoms with E-state index in [4.69, 9.17) is 4.74 Å². The molecule has 11 heteroatoms. The van der Waals surface area contributed by atoms with E-state index in [9.17, 15) is 18.0 Å². The van der Waals surface area contributed by atoms with E-state index in [1.54, 1.807) is 36.7 Å². The molecule has 10 nitrogen and oxygen atoms in total. The van der Waals surface area contributed by atoms with Crippen LogP contribution in [0.1, 0.15) is 38.1 Å². The van der Waals surface area contributed by atoms with Gasteiger partial charge in [-0.15, -0.1) is 5.10 Å². The first-order chi connectivity index (χ1) is 15.1. The maximum absolute atomic E-state index is 12.4. The average Bonchev–Trinajstić information content (AvgIpc) is 3.15. The minimum absolute atomic E-state index is 0.0825. The Morgan fingerprint density at radius 1 is 1.09 bits per heavy atom. The second kappa shape index (κ2) is 9.45. The predicted molar refractivity (Wildman–Crippen MR) is 119 cm³/mol. The second-order valence-electron chi connectivity index (χ2n) is 7.45. The Labute approximate surface area is 186 Å². The standard InChI is InChI=1S/C21H25N5O5S/c1-5-26-19-11-6-15(12-18(19)23-25-26)21(28)31-14(4)20(27)22-16-7-9-17(10-8-16)32(29,30)24-13(2)3/h6-14,24H,5H2,1-4H3,(H,22,27). The van der Waals surface area contributed by atoms with Gasteiger partial charge in [0.1, 0.15) is 5.52 Å². The third kappa shape index (κ3) is 5.29. The molecule has 0 bridgehead atoms. The summed E-state index contributed by atoms with van der Waals surface area (Å²) < 4.78 is 33.8. The Kier molecular flexibility index (Phi) is 6.90. The topological polar surface area (TPSA) is 132 Å². The number of aryl methyl sites for hydroxylation is 1. The molecule has 3 aromatic rings. The van der Waals surface area contributed by atoms with Crippen LogP contribution in [0.3, 0.4) is 0 Å². The van der Waals surface area contributed by atoms with E-state index in [1.807, 2.05) is 6.92 Å². The maximum atomic E-state index is 12.4. The van der Waals surface area contributed by atoms with Gasteiger partial charge in [0.05, 0.1) is 16.0 Å². The molecule has 0 saturated carbocycles. The molecule has 170 valence electrons. The molecule has 1 atom stereocenters. The van der Waals surface area contributed by atoms with Gasteiger partial charge in [-0.2, -0.15) is 0 Å². The zero-order valence-corrected chi connectivity index (χ0v) is 19.0. The number of rotatable bonds is 8. The minimum atomic E-state index is -3.63. The lowest BCUT2D eigenvalue weighted by molar-refractivity contribution is -0.123. The molecule has 2 N–H and O–H groups in total. The molecule has 2 aromatic carbocycles. The number of amides is 1. The van der Waals surface area contributed by atoms with E-state index in [1.165, 1.54) is 31.2 Å². The van der Waals surface area contributed by atoms with Gasteiger partial charge >= 0.3 is 5.97 Å². The van der Waals surface area contributed by atoms with Crippen molar-refractivity contribution >= 4 is 38.6 Å². The predicted octanol–water partition coefficient (Wildman–Crippen LogP) is 2.32. The van der Waals surface area contributed by atoms with Crippen LogP contribution in [0.25, 0.3) is 11.0 Å². The molecular weight excluding hydrogens is 434 g/mol. The van der Waals surface area contributed by atoms with E-state index in [2.05, 4.69) is 20.4 Å². The van der Waals surface area contributed by atoms with Crippen LogP contribution in [0.15, 0.2) is 47.4 Å². The van der Waals surface area contributed by atoms with Crippen molar-refractivity contribution in [2.75, 3.05) is 5.32 Å². The second-order valence-corrected chi connectivity index (χ2v) is 9.16. The van der Waals surface area contributed by atoms with E-state index in [-0.39, 0.29) is 16.5 Å². The zero-order valence-electron chi connectivity index (χ0n) is 18.2. The number of nitrogens with zero attached hydrogens (tertiary/aromatic N) is 3. The molecule has 0 fully saturated rings. The summed E-state index contributed by atoms with van der Waals surface area (Å²) in [5.41, 5.74) is 1.98. The number of hydrogen-bond donors (Lipinski definition) is 2. The molecule has 0 aliphatic carbocycles. The fraction of sp³-hybridized carbons (Fsp3) is 0.333. The highest BCUT2D eigenvalue weighted by atomic mass is 32.2. The summed E-state index contributed by atoms with van der Waals surface area (Å²) in [7, 11) is -3.63. The van der Waals surface area contributed by atoms with Gasteiger partial charge in [-0.25, -0.2) is 22.6 Å². The van der Waals surface area contributed by atoms with Gasteiger partial charge in [0.25, 0.3) is 5.91 Å². The van der Waals surface area contributed by atoms with Crippen molar-refractivity contribution in [3.8, 4) is 0 Å². The van der Waals surface area contributed by atoms with Crippen molar-refractivity contribution in [3.63, 3.8) is 0 Å². The molecule has 1 aromatic heterocycles. The lowest BCUT2D eigenvalue weighted by atomic mass is 10.2. The third-order valence-electron chi connectivity index (χ3n) is 4.53. The monoisotopic (exact) mass is 459 g/mol. The average molecular weight is 460 g/mol. The fourth-order valence-electron chi connectivity index (χ4n) is 2.95. The molecule has 0 radical (unpaired) electrons. The highest BCUT2D eigenvalue weighted by Gasteiger charge is 2.21. The van der Waals surface area contributed by atoms with Crippen LogP contribution < -0.4 is 10.0 Å². The summed E-state index contributed by atoms with van der Waals surface area (Å²) in [5.74, 6) is -1.21. The van der Waals surface area contributed by atoms with Crippen molar-refractivity contribution in [1.29, 1.82) is 0 Å². The van der Waals surface area contributed by atoms with Gasteiger partial charge in [0.2, 0.25) is 10.0 Å². The summed E-state index contributed by atoms with van der Waals surface area (Å²) >= 11 is 0. The van der Waals surface area contributed by atoms with Gasteiger partial charge < -0.3 is 10.1 Å². The number of carbonyl (C=O) groups excluding carboxylic acids is 2. The summed E-state index contributed by atoms with van der Waals surface area (Å²) in [6, 6.07) is 10.3. The molecule has 0 saturated heterocycles. The van der Waals surface area contributed by atoms with Crippen molar-refractivity contribution in [2.45, 2.75) is 51.3 Å². The van der Waals surface area contributed by atoms with Gasteiger partial charge in [0, 0.05) is 18.3 Å². The number of fused-ring (bicyclic) bond motifs is 1. The van der Waals surface area contributed by atoms with Crippen molar-refractivity contribution in [3.05, 3.63) is 48.0 Å². The van der Waals surface area contributed by atoms with Crippen LogP contribution in [0.2, 0.25) is 0 Å². The number of anilines is 1. The fourth-order valence-corrected chi connectivity index (χ4v) is 4.21. The lowest BCUT2D eigenvalue weighted by Gasteiger charge is -2.14. The van der Waals surface area contributed by atoms with Crippen LogP contribution in [-0.4, -0.2) is 47.4 Å². The largest absolute Gasteiger partial charge is 0.449 e. The van der Waals surface area contributed by atoms with E-state index < -0.39 is 28.0 Å². The molecular formula is C21H25N5O5S. The summed E-state index contributed by atoms with van der Waals surface area (Å²) in [4.78, 5) is 24.9. The molecule has 1 unspecified atom stereocenters. The van der Waals surface area contributed by atoms with Crippen molar-refractivity contribution in [1.82, 2.24) is 19.7 Å². The molecule has 0 spiro atoms. The normalized spacial score (nSPS) is 12.7. The van der Waals surface area contributed by atoms with Crippen molar-refractivity contribution in [2.24, 2.45) is 0 Å². The van der Waals surface area contributed by atoms with Crippen LogP contribution in [0, 0.1) is 0 Å². The number of nitrogens with one attached hydrogen (secondary N) is 2. The van der Waals surface area contributed by atoms with Crippen LogP contribution in [-0.2, 0) is 26.1 Å². The van der Waals surface area contributed by atoms with Gasteiger partial charge in [-0.3, -0.25) is 4.79 Å². The highest BCUT2D eigenvalue weighted by molar-refractivity contribution is 7.89. The Hall–Kier alpha value is -3.31. The molecule has 1 amide bonds. The number of carbonyl (C=O) groups is 2. The first-order valence-corrected chi connectivity index (χ1v) is 11.6. The van der Waals surface area contributed by atoms with Crippen molar-refractivity contribution < 1.29 is 22.7 Å². The highest BCUT2D eigenvalue weighted by Crippen LogP contribution is 2.17. The number of hydrogen-bond acceptors (Lipinski definition) is 7. The lowest BCUT2D eigenvalue weighted by Crippen LogP contribution is -2.30. The zero-order chi connectivity index (χ0) is 23.5.